The molecule has 0 bridgehead atoms. The number of fused-ring (bicyclic) bond motifs is 1. The average molecular weight is 428 g/mol. The first-order valence-electron chi connectivity index (χ1n) is 10.4. The van der Waals surface area contributed by atoms with Crippen LogP contribution >= 0.6 is 0 Å². The second-order valence-electron chi connectivity index (χ2n) is 7.27. The molecule has 1 aromatic heterocycles. The van der Waals surface area contributed by atoms with Crippen molar-refractivity contribution in [1.29, 1.82) is 0 Å². The molecular formula is C25H26F2O4. The molecule has 31 heavy (non-hydrogen) atoms. The zero-order chi connectivity index (χ0) is 22.2. The van der Waals surface area contributed by atoms with Crippen LogP contribution in [0.1, 0.15) is 43.9 Å². The molecule has 0 spiro atoms. The highest BCUT2D eigenvalue weighted by Crippen LogP contribution is 2.27. The van der Waals surface area contributed by atoms with Crippen LogP contribution in [0.3, 0.4) is 0 Å². The molecule has 3 rings (SSSR count). The van der Waals surface area contributed by atoms with E-state index in [-0.39, 0.29) is 23.3 Å². The van der Waals surface area contributed by atoms with Crippen LogP contribution in [0.5, 0.6) is 11.5 Å². The average Bonchev–Trinajstić information content (AvgIpc) is 2.75. The standard InChI is InChI=1S/C25H26F2O4/c1-3-5-7-13-29-19-11-9-18(21(26)15-19)16-30-22-12-10-17-14-20(8-6-4-2)31-25(28)23(17)24(22)27/h3,9-12,14-15H,1,4-8,13,16H2,2H3. The lowest BCUT2D eigenvalue weighted by Gasteiger charge is -2.11. The summed E-state index contributed by atoms with van der Waals surface area (Å²) in [5.74, 6) is -0.511. The number of rotatable bonds is 11. The van der Waals surface area contributed by atoms with Gasteiger partial charge >= 0.3 is 5.63 Å². The Morgan fingerprint density at radius 3 is 2.68 bits per heavy atom. The molecule has 164 valence electrons. The summed E-state index contributed by atoms with van der Waals surface area (Å²) < 4.78 is 45.4. The summed E-state index contributed by atoms with van der Waals surface area (Å²) in [6.07, 6.45) is 5.88. The fraction of sp³-hybridized carbons (Fsp3) is 0.320. The van der Waals surface area contributed by atoms with E-state index < -0.39 is 17.3 Å². The van der Waals surface area contributed by atoms with E-state index in [1.165, 1.54) is 18.2 Å². The first-order chi connectivity index (χ1) is 15.0. The number of hydrogen-bond acceptors (Lipinski definition) is 4. The smallest absolute Gasteiger partial charge is 0.346 e. The van der Waals surface area contributed by atoms with E-state index in [4.69, 9.17) is 13.9 Å². The molecule has 0 aliphatic heterocycles. The van der Waals surface area contributed by atoms with Crippen LogP contribution in [0.15, 0.2) is 58.3 Å². The van der Waals surface area contributed by atoms with Gasteiger partial charge < -0.3 is 13.9 Å². The molecule has 0 amide bonds. The third-order valence-corrected chi connectivity index (χ3v) is 4.89. The van der Waals surface area contributed by atoms with Gasteiger partial charge in [0.25, 0.3) is 0 Å². The highest BCUT2D eigenvalue weighted by atomic mass is 19.1. The van der Waals surface area contributed by atoms with Crippen molar-refractivity contribution in [1.82, 2.24) is 0 Å². The molecule has 0 unspecified atom stereocenters. The second-order valence-corrected chi connectivity index (χ2v) is 7.27. The van der Waals surface area contributed by atoms with Crippen molar-refractivity contribution in [3.63, 3.8) is 0 Å². The summed E-state index contributed by atoms with van der Waals surface area (Å²) >= 11 is 0. The summed E-state index contributed by atoms with van der Waals surface area (Å²) in [6.45, 7) is 5.95. The van der Waals surface area contributed by atoms with Crippen molar-refractivity contribution in [3.8, 4) is 11.5 Å². The third kappa shape index (κ3) is 5.72. The Morgan fingerprint density at radius 1 is 1.10 bits per heavy atom. The molecule has 3 aromatic rings. The molecule has 0 saturated carbocycles. The molecule has 0 N–H and O–H groups in total. The van der Waals surface area contributed by atoms with Gasteiger partial charge in [0.15, 0.2) is 11.6 Å². The number of unbranched alkanes of at least 4 members (excludes halogenated alkanes) is 2. The second kappa shape index (κ2) is 10.8. The number of benzene rings is 2. The maximum absolute atomic E-state index is 14.9. The van der Waals surface area contributed by atoms with Crippen LogP contribution in [0, 0.1) is 11.6 Å². The largest absolute Gasteiger partial charge is 0.493 e. The van der Waals surface area contributed by atoms with Gasteiger partial charge in [-0.25, -0.2) is 13.6 Å². The number of allylic oxidation sites excluding steroid dienone is 1. The molecule has 2 aromatic carbocycles. The van der Waals surface area contributed by atoms with E-state index in [0.717, 1.165) is 25.7 Å². The van der Waals surface area contributed by atoms with Gasteiger partial charge in [-0.15, -0.1) is 6.58 Å². The minimum atomic E-state index is -0.809. The number of ether oxygens (including phenoxy) is 2. The Kier molecular flexibility index (Phi) is 7.82. The maximum atomic E-state index is 14.9. The molecule has 0 aliphatic rings. The molecule has 1 heterocycles. The van der Waals surface area contributed by atoms with Gasteiger partial charge in [-0.3, -0.25) is 0 Å². The molecule has 4 nitrogen and oxygen atoms in total. The zero-order valence-corrected chi connectivity index (χ0v) is 17.6. The van der Waals surface area contributed by atoms with Crippen LogP contribution < -0.4 is 15.1 Å². The Balaban J connectivity index is 1.72. The minimum absolute atomic E-state index is 0.134. The maximum Gasteiger partial charge on any atom is 0.346 e. The van der Waals surface area contributed by atoms with Crippen molar-refractivity contribution in [3.05, 3.63) is 82.4 Å². The summed E-state index contributed by atoms with van der Waals surface area (Å²) in [4.78, 5) is 12.3. The quantitative estimate of drug-likeness (QED) is 0.264. The van der Waals surface area contributed by atoms with Crippen LogP contribution in [0.25, 0.3) is 10.8 Å². The molecule has 6 heteroatoms. The molecule has 0 radical (unpaired) electrons. The van der Waals surface area contributed by atoms with E-state index in [2.05, 4.69) is 6.58 Å². The Labute approximate surface area is 180 Å². The molecular weight excluding hydrogens is 402 g/mol. The number of halogens is 2. The predicted octanol–water partition coefficient (Wildman–Crippen LogP) is 6.34. The molecule has 0 atom stereocenters. The van der Waals surface area contributed by atoms with E-state index >= 15 is 0 Å². The zero-order valence-electron chi connectivity index (χ0n) is 17.6. The van der Waals surface area contributed by atoms with Crippen LogP contribution in [-0.2, 0) is 13.0 Å². The van der Waals surface area contributed by atoms with Gasteiger partial charge in [-0.2, -0.15) is 0 Å². The lowest BCUT2D eigenvalue weighted by Crippen LogP contribution is -2.07. The predicted molar refractivity (Wildman–Crippen MR) is 117 cm³/mol. The Bertz CT molecular complexity index is 1100. The molecule has 0 aliphatic carbocycles. The highest BCUT2D eigenvalue weighted by molar-refractivity contribution is 5.83. The monoisotopic (exact) mass is 428 g/mol. The van der Waals surface area contributed by atoms with Gasteiger partial charge in [0, 0.05) is 18.1 Å². The molecule has 0 saturated heterocycles. The first kappa shape index (κ1) is 22.5. The van der Waals surface area contributed by atoms with Crippen molar-refractivity contribution in [2.75, 3.05) is 6.61 Å². The van der Waals surface area contributed by atoms with E-state index in [1.54, 1.807) is 24.3 Å². The number of hydrogen-bond donors (Lipinski definition) is 0. The van der Waals surface area contributed by atoms with Crippen LogP contribution in [0.2, 0.25) is 0 Å². The van der Waals surface area contributed by atoms with Crippen molar-refractivity contribution in [2.45, 2.75) is 45.6 Å². The van der Waals surface area contributed by atoms with Gasteiger partial charge in [0.2, 0.25) is 0 Å². The third-order valence-electron chi connectivity index (χ3n) is 4.89. The first-order valence-corrected chi connectivity index (χ1v) is 10.4. The van der Waals surface area contributed by atoms with Gasteiger partial charge in [-0.05, 0) is 48.9 Å². The Morgan fingerprint density at radius 2 is 1.94 bits per heavy atom. The number of aryl methyl sites for hydroxylation is 1. The van der Waals surface area contributed by atoms with Crippen molar-refractivity contribution >= 4 is 10.8 Å². The topological polar surface area (TPSA) is 48.7 Å². The van der Waals surface area contributed by atoms with Crippen molar-refractivity contribution in [2.24, 2.45) is 0 Å². The minimum Gasteiger partial charge on any atom is -0.493 e. The van der Waals surface area contributed by atoms with Crippen LogP contribution in [0.4, 0.5) is 8.78 Å². The summed E-state index contributed by atoms with van der Waals surface area (Å²) in [5.41, 5.74) is -0.490. The lowest BCUT2D eigenvalue weighted by molar-refractivity contribution is 0.283. The SMILES string of the molecule is C=CCCCOc1ccc(COc2ccc3cc(CCCC)oc(=O)c3c2F)c(F)c1. The van der Waals surface area contributed by atoms with E-state index in [1.807, 2.05) is 6.92 Å². The van der Waals surface area contributed by atoms with Gasteiger partial charge in [0.05, 0.1) is 6.61 Å². The summed E-state index contributed by atoms with van der Waals surface area (Å²) in [7, 11) is 0. The van der Waals surface area contributed by atoms with E-state index in [9.17, 15) is 13.6 Å². The van der Waals surface area contributed by atoms with Crippen molar-refractivity contribution < 1.29 is 22.7 Å². The lowest BCUT2D eigenvalue weighted by atomic mass is 10.1. The fourth-order valence-corrected chi connectivity index (χ4v) is 3.17. The van der Waals surface area contributed by atoms with Crippen LogP contribution in [-0.4, -0.2) is 6.61 Å². The Hall–Kier alpha value is -3.15. The molecule has 0 fully saturated rings. The highest BCUT2D eigenvalue weighted by Gasteiger charge is 2.15. The fourth-order valence-electron chi connectivity index (χ4n) is 3.17. The summed E-state index contributed by atoms with van der Waals surface area (Å²) in [6, 6.07) is 9.17. The van der Waals surface area contributed by atoms with Gasteiger partial charge in [0.1, 0.15) is 29.3 Å². The normalized spacial score (nSPS) is 10.9. The van der Waals surface area contributed by atoms with E-state index in [0.29, 0.717) is 29.9 Å². The summed E-state index contributed by atoms with van der Waals surface area (Å²) in [5, 5.41) is 0.290. The van der Waals surface area contributed by atoms with Gasteiger partial charge in [-0.1, -0.05) is 25.5 Å².